The van der Waals surface area contributed by atoms with Gasteiger partial charge in [0, 0.05) is 25.8 Å². The van der Waals surface area contributed by atoms with Crippen LogP contribution in [0, 0.1) is 10.1 Å². The summed E-state index contributed by atoms with van der Waals surface area (Å²) in [5, 5.41) is 27.5. The van der Waals surface area contributed by atoms with Gasteiger partial charge in [-0.15, -0.1) is 0 Å². The average molecular weight is 270 g/mol. The van der Waals surface area contributed by atoms with Gasteiger partial charge in [0.25, 0.3) is 0 Å². The van der Waals surface area contributed by atoms with Gasteiger partial charge in [-0.05, 0) is 12.8 Å². The molecule has 19 heavy (non-hydrogen) atoms. The van der Waals surface area contributed by atoms with Gasteiger partial charge in [0.15, 0.2) is 0 Å². The van der Waals surface area contributed by atoms with E-state index >= 15 is 0 Å². The molecule has 2 rings (SSSR count). The van der Waals surface area contributed by atoms with Crippen LogP contribution in [0.3, 0.4) is 0 Å². The van der Waals surface area contributed by atoms with E-state index in [-0.39, 0.29) is 12.2 Å². The van der Waals surface area contributed by atoms with Crippen molar-refractivity contribution in [2.45, 2.75) is 31.5 Å². The molecule has 0 spiro atoms. The van der Waals surface area contributed by atoms with Crippen molar-refractivity contribution in [3.8, 4) is 0 Å². The van der Waals surface area contributed by atoms with Gasteiger partial charge in [-0.3, -0.25) is 14.8 Å². The Bertz CT molecular complexity index is 417. The van der Waals surface area contributed by atoms with Crippen LogP contribution in [0.15, 0.2) is 12.4 Å². The first kappa shape index (κ1) is 13.9. The van der Waals surface area contributed by atoms with Gasteiger partial charge < -0.3 is 15.2 Å². The van der Waals surface area contributed by atoms with E-state index in [0.29, 0.717) is 12.6 Å². The highest BCUT2D eigenvalue weighted by atomic mass is 16.6. The molecule has 2 N–H and O–H groups in total. The molecule has 0 aromatic carbocycles. The highest BCUT2D eigenvalue weighted by Crippen LogP contribution is 2.09. The van der Waals surface area contributed by atoms with Crippen molar-refractivity contribution < 1.29 is 14.8 Å². The van der Waals surface area contributed by atoms with Crippen molar-refractivity contribution in [2.75, 3.05) is 19.8 Å². The summed E-state index contributed by atoms with van der Waals surface area (Å²) in [4.78, 5) is 9.99. The predicted octanol–water partition coefficient (Wildman–Crippen LogP) is -0.0792. The van der Waals surface area contributed by atoms with Crippen LogP contribution in [0.4, 0.5) is 5.69 Å². The molecule has 1 aliphatic rings. The Morgan fingerprint density at radius 2 is 2.37 bits per heavy atom. The molecule has 8 heteroatoms. The van der Waals surface area contributed by atoms with Crippen LogP contribution >= 0.6 is 0 Å². The van der Waals surface area contributed by atoms with Crippen LogP contribution in [-0.2, 0) is 11.3 Å². The zero-order chi connectivity index (χ0) is 13.7. The van der Waals surface area contributed by atoms with Crippen molar-refractivity contribution in [2.24, 2.45) is 0 Å². The molecule has 106 valence electrons. The Balaban J connectivity index is 1.73. The third-order valence-electron chi connectivity index (χ3n) is 3.09. The van der Waals surface area contributed by atoms with Crippen LogP contribution in [-0.4, -0.2) is 51.7 Å². The van der Waals surface area contributed by atoms with Gasteiger partial charge in [-0.2, -0.15) is 5.10 Å². The number of hydrogen-bond acceptors (Lipinski definition) is 6. The Hall–Kier alpha value is -1.51. The van der Waals surface area contributed by atoms with Crippen LogP contribution in [0.25, 0.3) is 0 Å². The first-order valence-electron chi connectivity index (χ1n) is 6.31. The molecular formula is C11H18N4O4. The molecule has 0 bridgehead atoms. The molecule has 0 radical (unpaired) electrons. The summed E-state index contributed by atoms with van der Waals surface area (Å²) in [6, 6.07) is 0.371. The number of rotatable bonds is 6. The highest BCUT2D eigenvalue weighted by Gasteiger charge is 2.16. The van der Waals surface area contributed by atoms with Crippen LogP contribution in [0.2, 0.25) is 0 Å². The smallest absolute Gasteiger partial charge is 0.306 e. The number of aliphatic hydroxyl groups is 1. The number of hydrogen-bond donors (Lipinski definition) is 2. The second-order valence-corrected chi connectivity index (χ2v) is 4.63. The van der Waals surface area contributed by atoms with Crippen molar-refractivity contribution >= 4 is 5.69 Å². The lowest BCUT2D eigenvalue weighted by Crippen LogP contribution is -2.40. The van der Waals surface area contributed by atoms with E-state index in [1.165, 1.54) is 17.1 Å². The minimum absolute atomic E-state index is 0.0652. The van der Waals surface area contributed by atoms with E-state index in [9.17, 15) is 15.2 Å². The molecular weight excluding hydrogens is 252 g/mol. The molecule has 1 fully saturated rings. The van der Waals surface area contributed by atoms with Gasteiger partial charge in [0.2, 0.25) is 0 Å². The Kier molecular flexibility index (Phi) is 4.83. The molecule has 0 amide bonds. The maximum absolute atomic E-state index is 10.5. The van der Waals surface area contributed by atoms with Gasteiger partial charge in [0.05, 0.1) is 17.6 Å². The summed E-state index contributed by atoms with van der Waals surface area (Å²) in [6.45, 7) is 2.18. The van der Waals surface area contributed by atoms with Gasteiger partial charge in [-0.25, -0.2) is 0 Å². The average Bonchev–Trinajstić information content (AvgIpc) is 2.86. The summed E-state index contributed by atoms with van der Waals surface area (Å²) in [7, 11) is 0. The second kappa shape index (κ2) is 6.60. The first-order valence-corrected chi connectivity index (χ1v) is 6.31. The monoisotopic (exact) mass is 270 g/mol. The summed E-state index contributed by atoms with van der Waals surface area (Å²) in [5.74, 6) is 0. The molecule has 8 nitrogen and oxygen atoms in total. The molecule has 1 unspecified atom stereocenters. The van der Waals surface area contributed by atoms with E-state index in [2.05, 4.69) is 10.4 Å². The minimum atomic E-state index is -0.623. The molecule has 0 aliphatic carbocycles. The zero-order valence-corrected chi connectivity index (χ0v) is 10.6. The first-order chi connectivity index (χ1) is 9.15. The maximum atomic E-state index is 10.5. The zero-order valence-electron chi connectivity index (χ0n) is 10.6. The number of nitro groups is 1. The Labute approximate surface area is 110 Å². The van der Waals surface area contributed by atoms with E-state index in [1.54, 1.807) is 0 Å². The third kappa shape index (κ3) is 4.27. The molecule has 1 aromatic rings. The van der Waals surface area contributed by atoms with Crippen molar-refractivity contribution in [3.05, 3.63) is 22.5 Å². The fraction of sp³-hybridized carbons (Fsp3) is 0.727. The topological polar surface area (TPSA) is 102 Å². The number of ether oxygens (including phenoxy) is 1. The lowest BCUT2D eigenvalue weighted by Gasteiger charge is -2.24. The van der Waals surface area contributed by atoms with Crippen LogP contribution in [0.5, 0.6) is 0 Å². The van der Waals surface area contributed by atoms with Crippen molar-refractivity contribution in [3.63, 3.8) is 0 Å². The standard InChI is InChI=1S/C11H18N4O4/c16-11(6-12-9-1-3-19-4-2-9)8-14-7-10(5-13-14)15(17)18/h5,7,9,11-12,16H,1-4,6,8H2. The van der Waals surface area contributed by atoms with Crippen LogP contribution in [0.1, 0.15) is 12.8 Å². The molecule has 1 aliphatic heterocycles. The molecule has 1 aromatic heterocycles. The Morgan fingerprint density at radius 1 is 1.63 bits per heavy atom. The molecule has 0 saturated carbocycles. The predicted molar refractivity (Wildman–Crippen MR) is 66.7 cm³/mol. The Morgan fingerprint density at radius 3 is 3.00 bits per heavy atom. The second-order valence-electron chi connectivity index (χ2n) is 4.63. The number of nitrogens with zero attached hydrogens (tertiary/aromatic N) is 3. The van der Waals surface area contributed by atoms with E-state index in [1.807, 2.05) is 0 Å². The van der Waals surface area contributed by atoms with Crippen LogP contribution < -0.4 is 5.32 Å². The highest BCUT2D eigenvalue weighted by molar-refractivity contribution is 5.20. The lowest BCUT2D eigenvalue weighted by atomic mass is 10.1. The van der Waals surface area contributed by atoms with Gasteiger partial charge in [0.1, 0.15) is 12.4 Å². The summed E-state index contributed by atoms with van der Waals surface area (Å²) >= 11 is 0. The van der Waals surface area contributed by atoms with Gasteiger partial charge in [-0.1, -0.05) is 0 Å². The fourth-order valence-corrected chi connectivity index (χ4v) is 2.03. The SMILES string of the molecule is O=[N+]([O-])c1cnn(CC(O)CNC2CCOCC2)c1. The third-order valence-corrected chi connectivity index (χ3v) is 3.09. The van der Waals surface area contributed by atoms with Crippen molar-refractivity contribution in [1.29, 1.82) is 0 Å². The van der Waals surface area contributed by atoms with E-state index in [4.69, 9.17) is 4.74 Å². The normalized spacial score (nSPS) is 18.4. The van der Waals surface area contributed by atoms with Gasteiger partial charge >= 0.3 is 5.69 Å². The molecule has 1 saturated heterocycles. The summed E-state index contributed by atoms with van der Waals surface area (Å²) in [5.41, 5.74) is -0.0652. The summed E-state index contributed by atoms with van der Waals surface area (Å²) in [6.07, 6.45) is 3.76. The number of aromatic nitrogens is 2. The molecule has 1 atom stereocenters. The lowest BCUT2D eigenvalue weighted by molar-refractivity contribution is -0.385. The fourth-order valence-electron chi connectivity index (χ4n) is 2.03. The van der Waals surface area contributed by atoms with Crippen molar-refractivity contribution in [1.82, 2.24) is 15.1 Å². The van der Waals surface area contributed by atoms with E-state index < -0.39 is 11.0 Å². The maximum Gasteiger partial charge on any atom is 0.306 e. The van der Waals surface area contributed by atoms with E-state index in [0.717, 1.165) is 26.1 Å². The quantitative estimate of drug-likeness (QED) is 0.553. The largest absolute Gasteiger partial charge is 0.390 e. The number of aliphatic hydroxyl groups excluding tert-OH is 1. The minimum Gasteiger partial charge on any atom is -0.390 e. The number of nitrogens with one attached hydrogen (secondary N) is 1. The molecule has 2 heterocycles. The summed E-state index contributed by atoms with van der Waals surface area (Å²) < 4.78 is 6.63.